The smallest absolute Gasteiger partial charge is 0.268 e. The van der Waals surface area contributed by atoms with Crippen LogP contribution in [0.15, 0.2) is 36.1 Å². The van der Waals surface area contributed by atoms with Crippen molar-refractivity contribution in [2.45, 2.75) is 0 Å². The van der Waals surface area contributed by atoms with Gasteiger partial charge in [-0.05, 0) is 27.9 Å². The van der Waals surface area contributed by atoms with Crippen molar-refractivity contribution in [3.63, 3.8) is 0 Å². The Kier molecular flexibility index (Phi) is 3.56. The summed E-state index contributed by atoms with van der Waals surface area (Å²) in [5.74, 6) is 0.237. The van der Waals surface area contributed by atoms with Crippen molar-refractivity contribution < 1.29 is 9.53 Å². The minimum Gasteiger partial charge on any atom is -0.481 e. The Morgan fingerprint density at radius 1 is 1.38 bits per heavy atom. The first-order valence-electron chi connectivity index (χ1n) is 5.90. The van der Waals surface area contributed by atoms with Gasteiger partial charge in [-0.3, -0.25) is 4.79 Å². The molecule has 106 valence electrons. The van der Waals surface area contributed by atoms with E-state index in [1.54, 1.807) is 23.6 Å². The normalized spacial score (nSPS) is 10.3. The summed E-state index contributed by atoms with van der Waals surface area (Å²) in [6.07, 6.45) is 2.97. The number of aromatic nitrogens is 5. The number of anilines is 1. The first-order chi connectivity index (χ1) is 10.3. The van der Waals surface area contributed by atoms with E-state index in [2.05, 4.69) is 25.8 Å². The van der Waals surface area contributed by atoms with Crippen LogP contribution in [0.3, 0.4) is 0 Å². The van der Waals surface area contributed by atoms with Crippen LogP contribution in [0.2, 0.25) is 0 Å². The summed E-state index contributed by atoms with van der Waals surface area (Å²) in [7, 11) is 1.53. The van der Waals surface area contributed by atoms with E-state index in [0.29, 0.717) is 22.1 Å². The predicted octanol–water partition coefficient (Wildman–Crippen LogP) is 1.38. The summed E-state index contributed by atoms with van der Waals surface area (Å²) in [5, 5.41) is 15.5. The molecule has 0 saturated heterocycles. The number of carbonyl (C=O) groups excluding carboxylic acids is 1. The van der Waals surface area contributed by atoms with Crippen LogP contribution in [0.1, 0.15) is 9.67 Å². The van der Waals surface area contributed by atoms with Crippen molar-refractivity contribution in [2.24, 2.45) is 0 Å². The summed E-state index contributed by atoms with van der Waals surface area (Å²) in [6, 6.07) is 5.17. The molecule has 0 spiro atoms. The van der Waals surface area contributed by atoms with Crippen molar-refractivity contribution in [3.05, 3.63) is 41.0 Å². The lowest BCUT2D eigenvalue weighted by molar-refractivity contribution is 0.103. The number of amides is 1. The lowest BCUT2D eigenvalue weighted by Crippen LogP contribution is -2.13. The van der Waals surface area contributed by atoms with Crippen LogP contribution in [0.25, 0.3) is 5.69 Å². The van der Waals surface area contributed by atoms with E-state index in [1.165, 1.54) is 35.7 Å². The molecule has 0 radical (unpaired) electrons. The summed E-state index contributed by atoms with van der Waals surface area (Å²) >= 11 is 1.31. The Morgan fingerprint density at radius 2 is 2.29 bits per heavy atom. The number of hydrogen-bond acceptors (Lipinski definition) is 7. The van der Waals surface area contributed by atoms with Gasteiger partial charge in [-0.15, -0.1) is 16.4 Å². The molecule has 0 atom stereocenters. The summed E-state index contributed by atoms with van der Waals surface area (Å²) in [6.45, 7) is 0. The van der Waals surface area contributed by atoms with Gasteiger partial charge in [0.05, 0.1) is 24.7 Å². The van der Waals surface area contributed by atoms with E-state index < -0.39 is 0 Å². The maximum absolute atomic E-state index is 12.3. The standard InChI is InChI=1S/C12H10N6O2S/c1-20-10-3-2-8(6-13-10)15-12(19)11-9(4-5-21-11)18-7-14-16-17-18/h2-7H,1H3,(H,15,19). The first-order valence-corrected chi connectivity index (χ1v) is 6.78. The Morgan fingerprint density at radius 3 is 2.95 bits per heavy atom. The second-order valence-electron chi connectivity index (χ2n) is 3.93. The van der Waals surface area contributed by atoms with Gasteiger partial charge < -0.3 is 10.1 Å². The summed E-state index contributed by atoms with van der Waals surface area (Å²) < 4.78 is 6.41. The molecule has 0 aliphatic heterocycles. The molecule has 0 aliphatic rings. The van der Waals surface area contributed by atoms with Crippen molar-refractivity contribution >= 4 is 22.9 Å². The number of thiophene rings is 1. The van der Waals surface area contributed by atoms with E-state index in [0.717, 1.165) is 0 Å². The number of methoxy groups -OCH3 is 1. The van der Waals surface area contributed by atoms with Crippen LogP contribution < -0.4 is 10.1 Å². The first kappa shape index (κ1) is 13.2. The predicted molar refractivity (Wildman–Crippen MR) is 75.8 cm³/mol. The van der Waals surface area contributed by atoms with E-state index in [9.17, 15) is 4.79 Å². The SMILES string of the molecule is COc1ccc(NC(=O)c2sccc2-n2cnnn2)cn1. The molecule has 0 fully saturated rings. The number of ether oxygens (including phenoxy) is 1. The maximum Gasteiger partial charge on any atom is 0.268 e. The number of nitrogens with one attached hydrogen (secondary N) is 1. The van der Waals surface area contributed by atoms with E-state index in [-0.39, 0.29) is 5.91 Å². The van der Waals surface area contributed by atoms with Crippen LogP contribution in [-0.2, 0) is 0 Å². The lowest BCUT2D eigenvalue weighted by atomic mass is 10.3. The Balaban J connectivity index is 1.81. The molecule has 3 aromatic rings. The van der Waals surface area contributed by atoms with Gasteiger partial charge in [-0.1, -0.05) is 0 Å². The lowest BCUT2D eigenvalue weighted by Gasteiger charge is -2.06. The van der Waals surface area contributed by atoms with Gasteiger partial charge >= 0.3 is 0 Å². The zero-order valence-corrected chi connectivity index (χ0v) is 11.7. The Hall–Kier alpha value is -2.81. The molecule has 0 unspecified atom stereocenters. The molecule has 0 aromatic carbocycles. The summed E-state index contributed by atoms with van der Waals surface area (Å²) in [4.78, 5) is 16.8. The molecule has 8 nitrogen and oxygen atoms in total. The van der Waals surface area contributed by atoms with Crippen LogP contribution in [0.4, 0.5) is 5.69 Å². The molecule has 0 bridgehead atoms. The quantitative estimate of drug-likeness (QED) is 0.782. The Bertz CT molecular complexity index is 737. The van der Waals surface area contributed by atoms with Crippen molar-refractivity contribution in [1.82, 2.24) is 25.2 Å². The van der Waals surface area contributed by atoms with Crippen LogP contribution >= 0.6 is 11.3 Å². The van der Waals surface area contributed by atoms with E-state index in [1.807, 2.05) is 0 Å². The number of nitrogens with zero attached hydrogens (tertiary/aromatic N) is 5. The molecule has 1 amide bonds. The van der Waals surface area contributed by atoms with Crippen LogP contribution in [0.5, 0.6) is 5.88 Å². The molecule has 3 aromatic heterocycles. The number of rotatable bonds is 4. The number of carbonyl (C=O) groups is 1. The van der Waals surface area contributed by atoms with Crippen LogP contribution in [0, 0.1) is 0 Å². The Labute approximate surface area is 123 Å². The molecule has 9 heteroatoms. The summed E-state index contributed by atoms with van der Waals surface area (Å²) in [5.41, 5.74) is 1.21. The molecule has 3 heterocycles. The largest absolute Gasteiger partial charge is 0.481 e. The second-order valence-corrected chi connectivity index (χ2v) is 4.85. The van der Waals surface area contributed by atoms with Crippen molar-refractivity contribution in [1.29, 1.82) is 0 Å². The molecule has 21 heavy (non-hydrogen) atoms. The van der Waals surface area contributed by atoms with Gasteiger partial charge in [0.15, 0.2) is 0 Å². The molecular weight excluding hydrogens is 292 g/mol. The number of hydrogen-bond donors (Lipinski definition) is 1. The van der Waals surface area contributed by atoms with Gasteiger partial charge in [-0.2, -0.15) is 4.68 Å². The highest BCUT2D eigenvalue weighted by Crippen LogP contribution is 2.21. The van der Waals surface area contributed by atoms with Gasteiger partial charge in [0, 0.05) is 6.07 Å². The maximum atomic E-state index is 12.3. The second kappa shape index (κ2) is 5.67. The average Bonchev–Trinajstić information content (AvgIpc) is 3.18. The molecule has 0 saturated carbocycles. The minimum absolute atomic E-state index is 0.248. The fraction of sp³-hybridized carbons (Fsp3) is 0.0833. The molecular formula is C12H10N6O2S. The fourth-order valence-electron chi connectivity index (χ4n) is 1.69. The monoisotopic (exact) mass is 302 g/mol. The van der Waals surface area contributed by atoms with Crippen molar-refractivity contribution in [2.75, 3.05) is 12.4 Å². The third-order valence-corrected chi connectivity index (χ3v) is 3.55. The van der Waals surface area contributed by atoms with Gasteiger partial charge in [0.25, 0.3) is 5.91 Å². The van der Waals surface area contributed by atoms with Gasteiger partial charge in [0.2, 0.25) is 5.88 Å². The zero-order chi connectivity index (χ0) is 14.7. The topological polar surface area (TPSA) is 94.8 Å². The number of tetrazole rings is 1. The van der Waals surface area contributed by atoms with Gasteiger partial charge in [0.1, 0.15) is 11.2 Å². The molecule has 1 N–H and O–H groups in total. The third kappa shape index (κ3) is 2.72. The minimum atomic E-state index is -0.248. The zero-order valence-electron chi connectivity index (χ0n) is 10.9. The molecule has 3 rings (SSSR count). The van der Waals surface area contributed by atoms with Crippen molar-refractivity contribution in [3.8, 4) is 11.6 Å². The van der Waals surface area contributed by atoms with E-state index >= 15 is 0 Å². The van der Waals surface area contributed by atoms with Gasteiger partial charge in [-0.25, -0.2) is 4.98 Å². The highest BCUT2D eigenvalue weighted by atomic mass is 32.1. The highest BCUT2D eigenvalue weighted by Gasteiger charge is 2.15. The fourth-order valence-corrected chi connectivity index (χ4v) is 2.46. The highest BCUT2D eigenvalue weighted by molar-refractivity contribution is 7.12. The molecule has 0 aliphatic carbocycles. The van der Waals surface area contributed by atoms with Crippen LogP contribution in [-0.4, -0.2) is 38.2 Å². The average molecular weight is 302 g/mol. The number of pyridine rings is 1. The van der Waals surface area contributed by atoms with E-state index in [4.69, 9.17) is 4.74 Å². The third-order valence-electron chi connectivity index (χ3n) is 2.65.